The molecule has 0 radical (unpaired) electrons. The van der Waals surface area contributed by atoms with E-state index in [9.17, 15) is 0 Å². The number of hydrogen-bond donors (Lipinski definition) is 0. The van der Waals surface area contributed by atoms with Crippen molar-refractivity contribution in [3.05, 3.63) is 201 Å². The minimum absolute atomic E-state index is 0.590. The Labute approximate surface area is 324 Å². The molecule has 5 heteroatoms. The molecule has 0 N–H and O–H groups in total. The first-order valence-electron chi connectivity index (χ1n) is 18.6. The van der Waals surface area contributed by atoms with E-state index in [-0.39, 0.29) is 0 Å². The van der Waals surface area contributed by atoms with Crippen molar-refractivity contribution in [1.29, 1.82) is 0 Å². The number of hydrogen-bond acceptors (Lipinski definition) is 5. The number of aromatic nitrogens is 5. The molecule has 0 saturated heterocycles. The SMILES string of the molecule is c1ccc(-c2cccc(-c3nc(-c4cccc(-c5ccccc5)c4)nc(-c4cc(-c5cccc6cnccc56)cc(-c5cccc6cnccc56)c4)n3)c2)cc1. The smallest absolute Gasteiger partial charge is 0.164 e. The molecule has 262 valence electrons. The minimum Gasteiger partial charge on any atom is -0.264 e. The molecule has 5 nitrogen and oxygen atoms in total. The summed E-state index contributed by atoms with van der Waals surface area (Å²) in [6.45, 7) is 0. The summed E-state index contributed by atoms with van der Waals surface area (Å²) >= 11 is 0. The van der Waals surface area contributed by atoms with E-state index in [1.54, 1.807) is 0 Å². The molecule has 0 amide bonds. The van der Waals surface area contributed by atoms with Crippen LogP contribution < -0.4 is 0 Å². The van der Waals surface area contributed by atoms with Crippen molar-refractivity contribution in [1.82, 2.24) is 24.9 Å². The summed E-state index contributed by atoms with van der Waals surface area (Å²) in [4.78, 5) is 24.5. The third-order valence-electron chi connectivity index (χ3n) is 10.3. The van der Waals surface area contributed by atoms with Gasteiger partial charge in [0.1, 0.15) is 0 Å². The van der Waals surface area contributed by atoms with Gasteiger partial charge in [-0.3, -0.25) is 9.97 Å². The van der Waals surface area contributed by atoms with Crippen molar-refractivity contribution in [2.75, 3.05) is 0 Å². The van der Waals surface area contributed by atoms with E-state index in [1.165, 1.54) is 0 Å². The molecule has 0 aliphatic rings. The van der Waals surface area contributed by atoms with Gasteiger partial charge in [0.05, 0.1) is 0 Å². The summed E-state index contributed by atoms with van der Waals surface area (Å²) < 4.78 is 0. The van der Waals surface area contributed by atoms with Crippen LogP contribution in [0.25, 0.3) is 100 Å². The normalized spacial score (nSPS) is 11.2. The largest absolute Gasteiger partial charge is 0.264 e. The van der Waals surface area contributed by atoms with Gasteiger partial charge in [0.2, 0.25) is 0 Å². The van der Waals surface area contributed by atoms with E-state index in [4.69, 9.17) is 15.0 Å². The Bertz CT molecular complexity index is 2820. The molecular weight excluding hydrogens is 683 g/mol. The summed E-state index contributed by atoms with van der Waals surface area (Å²) in [5.74, 6) is 1.80. The van der Waals surface area contributed by atoms with Crippen molar-refractivity contribution in [3.63, 3.8) is 0 Å². The Balaban J connectivity index is 1.22. The van der Waals surface area contributed by atoms with Crippen LogP contribution in [0.2, 0.25) is 0 Å². The zero-order chi connectivity index (χ0) is 37.3. The first kappa shape index (κ1) is 33.0. The highest BCUT2D eigenvalue weighted by atomic mass is 15.0. The molecule has 0 aliphatic heterocycles. The highest BCUT2D eigenvalue weighted by Crippen LogP contribution is 2.38. The van der Waals surface area contributed by atoms with Gasteiger partial charge in [0.25, 0.3) is 0 Å². The second-order valence-electron chi connectivity index (χ2n) is 13.8. The summed E-state index contributed by atoms with van der Waals surface area (Å²) in [6.07, 6.45) is 7.54. The Kier molecular flexibility index (Phi) is 8.43. The predicted octanol–water partition coefficient (Wildman–Crippen LogP) is 12.6. The van der Waals surface area contributed by atoms with Gasteiger partial charge in [-0.05, 0) is 97.7 Å². The van der Waals surface area contributed by atoms with Crippen LogP contribution in [0.15, 0.2) is 201 Å². The molecule has 0 fully saturated rings. The van der Waals surface area contributed by atoms with Crippen molar-refractivity contribution in [2.45, 2.75) is 0 Å². The first-order chi connectivity index (χ1) is 27.7. The van der Waals surface area contributed by atoms with Crippen molar-refractivity contribution >= 4 is 21.5 Å². The van der Waals surface area contributed by atoms with Crippen molar-refractivity contribution in [2.24, 2.45) is 0 Å². The molecule has 0 aliphatic carbocycles. The monoisotopic (exact) mass is 715 g/mol. The predicted molar refractivity (Wildman–Crippen MR) is 228 cm³/mol. The molecule has 0 atom stereocenters. The van der Waals surface area contributed by atoms with Crippen LogP contribution in [0.1, 0.15) is 0 Å². The fraction of sp³-hybridized carbons (Fsp3) is 0. The van der Waals surface area contributed by atoms with E-state index in [0.717, 1.165) is 82.7 Å². The third-order valence-corrected chi connectivity index (χ3v) is 10.3. The molecule has 10 aromatic rings. The number of pyridine rings is 2. The zero-order valence-electron chi connectivity index (χ0n) is 30.3. The van der Waals surface area contributed by atoms with Crippen LogP contribution in [0, 0.1) is 0 Å². The molecular formula is C51H33N5. The maximum atomic E-state index is 5.27. The van der Waals surface area contributed by atoms with Gasteiger partial charge in [-0.25, -0.2) is 15.0 Å². The van der Waals surface area contributed by atoms with Crippen LogP contribution in [0.3, 0.4) is 0 Å². The van der Waals surface area contributed by atoms with Gasteiger partial charge >= 0.3 is 0 Å². The summed E-state index contributed by atoms with van der Waals surface area (Å²) in [7, 11) is 0. The van der Waals surface area contributed by atoms with E-state index >= 15 is 0 Å². The van der Waals surface area contributed by atoms with Crippen molar-refractivity contribution < 1.29 is 0 Å². The van der Waals surface area contributed by atoms with Gasteiger partial charge in [-0.2, -0.15) is 0 Å². The summed E-state index contributed by atoms with van der Waals surface area (Å²) in [6, 6.07) is 61.2. The molecule has 56 heavy (non-hydrogen) atoms. The Morgan fingerprint density at radius 3 is 1.12 bits per heavy atom. The number of benzene rings is 7. The number of fused-ring (bicyclic) bond motifs is 2. The maximum absolute atomic E-state index is 5.27. The Morgan fingerprint density at radius 2 is 0.643 bits per heavy atom. The molecule has 0 unspecified atom stereocenters. The van der Waals surface area contributed by atoms with Crippen LogP contribution in [0.4, 0.5) is 0 Å². The van der Waals surface area contributed by atoms with Crippen LogP contribution in [0.5, 0.6) is 0 Å². The van der Waals surface area contributed by atoms with Gasteiger partial charge < -0.3 is 0 Å². The van der Waals surface area contributed by atoms with Gasteiger partial charge in [-0.1, -0.05) is 133 Å². The lowest BCUT2D eigenvalue weighted by Crippen LogP contribution is -2.01. The highest BCUT2D eigenvalue weighted by molar-refractivity contribution is 6.01. The number of nitrogens with zero attached hydrogens (tertiary/aromatic N) is 5. The lowest BCUT2D eigenvalue weighted by atomic mass is 9.92. The zero-order valence-corrected chi connectivity index (χ0v) is 30.3. The summed E-state index contributed by atoms with van der Waals surface area (Å²) in [5, 5.41) is 4.41. The third kappa shape index (κ3) is 6.37. The lowest BCUT2D eigenvalue weighted by Gasteiger charge is -2.15. The van der Waals surface area contributed by atoms with E-state index in [2.05, 4.69) is 174 Å². The van der Waals surface area contributed by atoms with Crippen LogP contribution >= 0.6 is 0 Å². The fourth-order valence-corrected chi connectivity index (χ4v) is 7.52. The molecule has 3 aromatic heterocycles. The van der Waals surface area contributed by atoms with Crippen molar-refractivity contribution in [3.8, 4) is 78.7 Å². The molecule has 10 rings (SSSR count). The Hall–Kier alpha value is -7.63. The topological polar surface area (TPSA) is 64.5 Å². The molecule has 0 spiro atoms. The Morgan fingerprint density at radius 1 is 0.268 bits per heavy atom. The average Bonchev–Trinajstić information content (AvgIpc) is 3.29. The van der Waals surface area contributed by atoms with Crippen LogP contribution in [-0.4, -0.2) is 24.9 Å². The first-order valence-corrected chi connectivity index (χ1v) is 18.6. The fourth-order valence-electron chi connectivity index (χ4n) is 7.52. The highest BCUT2D eigenvalue weighted by Gasteiger charge is 2.17. The summed E-state index contributed by atoms with van der Waals surface area (Å²) in [5.41, 5.74) is 11.5. The molecule has 0 bridgehead atoms. The maximum Gasteiger partial charge on any atom is 0.164 e. The second kappa shape index (κ2) is 14.3. The van der Waals surface area contributed by atoms with E-state index in [0.29, 0.717) is 17.5 Å². The van der Waals surface area contributed by atoms with E-state index in [1.807, 2.05) is 36.9 Å². The molecule has 3 heterocycles. The molecule has 7 aromatic carbocycles. The quantitative estimate of drug-likeness (QED) is 0.164. The lowest BCUT2D eigenvalue weighted by molar-refractivity contribution is 1.07. The second-order valence-corrected chi connectivity index (χ2v) is 13.8. The van der Waals surface area contributed by atoms with Crippen LogP contribution in [-0.2, 0) is 0 Å². The van der Waals surface area contributed by atoms with E-state index < -0.39 is 0 Å². The number of rotatable bonds is 7. The average molecular weight is 716 g/mol. The standard InChI is InChI=1S/C51H33N5/c1-3-11-34(12-4-1)36-15-7-17-38(27-36)49-54-50(39-18-8-16-37(28-39)35-13-5-2-6-14-35)56-51(55-49)44-30-42(45-21-9-19-40-32-52-25-23-47(40)45)29-43(31-44)46-22-10-20-41-33-53-26-24-48(41)46/h1-33H. The van der Waals surface area contributed by atoms with Gasteiger partial charge in [0, 0.05) is 52.3 Å². The molecule has 0 saturated carbocycles. The minimum atomic E-state index is 0.590. The van der Waals surface area contributed by atoms with Gasteiger partial charge in [0.15, 0.2) is 17.5 Å². The van der Waals surface area contributed by atoms with Gasteiger partial charge in [-0.15, -0.1) is 0 Å².